The molecule has 7 nitrogen and oxygen atoms in total. The van der Waals surface area contributed by atoms with E-state index in [0.29, 0.717) is 18.3 Å². The van der Waals surface area contributed by atoms with E-state index in [9.17, 15) is 0 Å². The molecule has 0 atom stereocenters. The number of hydrogen-bond donors (Lipinski definition) is 1. The zero-order valence-corrected chi connectivity index (χ0v) is 17.7. The summed E-state index contributed by atoms with van der Waals surface area (Å²) in [4.78, 5) is 13.6. The van der Waals surface area contributed by atoms with Gasteiger partial charge in [0.25, 0.3) is 0 Å². The van der Waals surface area contributed by atoms with E-state index in [2.05, 4.69) is 67.5 Å². The van der Waals surface area contributed by atoms with Gasteiger partial charge >= 0.3 is 0 Å². The van der Waals surface area contributed by atoms with Crippen LogP contribution in [0.3, 0.4) is 0 Å². The molecule has 2 aromatic rings. The Hall–Kier alpha value is -1.68. The van der Waals surface area contributed by atoms with Crippen LogP contribution in [-0.2, 0) is 13.1 Å². The Labute approximate surface area is 171 Å². The Balaban J connectivity index is 0.00000243. The summed E-state index contributed by atoms with van der Waals surface area (Å²) in [7, 11) is 0. The minimum absolute atomic E-state index is 0. The second kappa shape index (κ2) is 10.5. The molecule has 1 aromatic heterocycles. The Bertz CT molecular complexity index is 682. The van der Waals surface area contributed by atoms with Crippen LogP contribution in [0, 0.1) is 6.92 Å². The minimum atomic E-state index is 0. The van der Waals surface area contributed by atoms with Gasteiger partial charge < -0.3 is 14.7 Å². The second-order valence-electron chi connectivity index (χ2n) is 6.15. The molecule has 1 fully saturated rings. The van der Waals surface area contributed by atoms with Gasteiger partial charge in [-0.25, -0.2) is 4.99 Å². The molecular formula is C18H27IN6O. The van der Waals surface area contributed by atoms with Gasteiger partial charge in [0.15, 0.2) is 11.8 Å². The number of nitrogens with one attached hydrogen (secondary N) is 1. The maximum atomic E-state index is 5.14. The van der Waals surface area contributed by atoms with Gasteiger partial charge in [-0.15, -0.1) is 24.0 Å². The lowest BCUT2D eigenvalue weighted by Gasteiger charge is -2.36. The Morgan fingerprint density at radius 2 is 1.92 bits per heavy atom. The number of halogens is 1. The largest absolute Gasteiger partial charge is 0.357 e. The lowest BCUT2D eigenvalue weighted by atomic mass is 10.2. The zero-order chi connectivity index (χ0) is 17.5. The van der Waals surface area contributed by atoms with Crippen molar-refractivity contribution in [2.45, 2.75) is 26.9 Å². The number of aliphatic imine (C=N–C) groups is 1. The van der Waals surface area contributed by atoms with Gasteiger partial charge in [-0.1, -0.05) is 35.5 Å². The van der Waals surface area contributed by atoms with Gasteiger partial charge in [-0.05, 0) is 19.4 Å². The van der Waals surface area contributed by atoms with Crippen molar-refractivity contribution in [1.82, 2.24) is 25.3 Å². The first kappa shape index (κ1) is 20.6. The predicted octanol–water partition coefficient (Wildman–Crippen LogP) is 2.28. The fraction of sp³-hybridized carbons (Fsp3) is 0.500. The van der Waals surface area contributed by atoms with Gasteiger partial charge in [0.1, 0.15) is 6.54 Å². The molecule has 1 N–H and O–H groups in total. The zero-order valence-electron chi connectivity index (χ0n) is 15.4. The number of benzene rings is 1. The molecule has 0 unspecified atom stereocenters. The maximum absolute atomic E-state index is 5.14. The number of guanidine groups is 1. The quantitative estimate of drug-likeness (QED) is 0.411. The average Bonchev–Trinajstić information content (AvgIpc) is 3.06. The normalized spacial score (nSPS) is 15.6. The SMILES string of the molecule is CCNC(=NCc1nc(C)no1)N1CCN(Cc2ccccc2)CC1.I. The van der Waals surface area contributed by atoms with Gasteiger partial charge in [-0.2, -0.15) is 4.98 Å². The minimum Gasteiger partial charge on any atom is -0.357 e. The molecule has 1 aliphatic rings. The second-order valence-corrected chi connectivity index (χ2v) is 6.15. The van der Waals surface area contributed by atoms with Crippen molar-refractivity contribution in [2.24, 2.45) is 4.99 Å². The molecule has 3 rings (SSSR count). The summed E-state index contributed by atoms with van der Waals surface area (Å²) >= 11 is 0. The molecule has 0 spiro atoms. The standard InChI is InChI=1S/C18H26N6O.HI/c1-3-19-18(20-13-17-21-15(2)22-25-17)24-11-9-23(10-12-24)14-16-7-5-4-6-8-16;/h4-8H,3,9-14H2,1-2H3,(H,19,20);1H. The van der Waals surface area contributed by atoms with E-state index >= 15 is 0 Å². The molecule has 0 aliphatic carbocycles. The maximum Gasteiger partial charge on any atom is 0.248 e. The number of aromatic nitrogens is 2. The van der Waals surface area contributed by atoms with E-state index in [4.69, 9.17) is 4.52 Å². The van der Waals surface area contributed by atoms with Crippen LogP contribution in [-0.4, -0.2) is 58.6 Å². The molecule has 0 saturated carbocycles. The van der Waals surface area contributed by atoms with E-state index in [1.54, 1.807) is 0 Å². The first-order valence-electron chi connectivity index (χ1n) is 8.83. The summed E-state index contributed by atoms with van der Waals surface area (Å²) in [5, 5.41) is 7.17. The fourth-order valence-electron chi connectivity index (χ4n) is 2.93. The third-order valence-corrected chi connectivity index (χ3v) is 4.19. The first-order chi connectivity index (χ1) is 12.2. The van der Waals surface area contributed by atoms with Crippen LogP contribution in [0.4, 0.5) is 0 Å². The Morgan fingerprint density at radius 3 is 2.54 bits per heavy atom. The monoisotopic (exact) mass is 470 g/mol. The molecule has 0 amide bonds. The summed E-state index contributed by atoms with van der Waals surface area (Å²) < 4.78 is 5.14. The van der Waals surface area contributed by atoms with Crippen LogP contribution >= 0.6 is 24.0 Å². The molecule has 2 heterocycles. The van der Waals surface area contributed by atoms with Crippen LogP contribution in [0.15, 0.2) is 39.8 Å². The smallest absolute Gasteiger partial charge is 0.248 e. The van der Waals surface area contributed by atoms with Gasteiger partial charge in [0.2, 0.25) is 5.89 Å². The Kier molecular flexibility index (Phi) is 8.30. The summed E-state index contributed by atoms with van der Waals surface area (Å²) in [6, 6.07) is 10.6. The van der Waals surface area contributed by atoms with Crippen molar-refractivity contribution >= 4 is 29.9 Å². The van der Waals surface area contributed by atoms with Crippen LogP contribution in [0.1, 0.15) is 24.2 Å². The number of aryl methyl sites for hydroxylation is 1. The van der Waals surface area contributed by atoms with Crippen molar-refractivity contribution in [3.8, 4) is 0 Å². The molecule has 0 radical (unpaired) electrons. The molecule has 1 saturated heterocycles. The third-order valence-electron chi connectivity index (χ3n) is 4.19. The average molecular weight is 470 g/mol. The number of rotatable bonds is 5. The molecule has 8 heteroatoms. The topological polar surface area (TPSA) is 69.8 Å². The van der Waals surface area contributed by atoms with E-state index in [-0.39, 0.29) is 24.0 Å². The molecule has 0 bridgehead atoms. The lowest BCUT2D eigenvalue weighted by Crippen LogP contribution is -2.52. The van der Waals surface area contributed by atoms with Crippen molar-refractivity contribution in [3.05, 3.63) is 47.6 Å². The van der Waals surface area contributed by atoms with Gasteiger partial charge in [0.05, 0.1) is 0 Å². The Morgan fingerprint density at radius 1 is 1.19 bits per heavy atom. The highest BCUT2D eigenvalue weighted by Gasteiger charge is 2.19. The first-order valence-corrected chi connectivity index (χ1v) is 8.83. The van der Waals surface area contributed by atoms with Crippen LogP contribution < -0.4 is 5.32 Å². The van der Waals surface area contributed by atoms with Gasteiger partial charge in [0, 0.05) is 39.3 Å². The van der Waals surface area contributed by atoms with E-state index < -0.39 is 0 Å². The van der Waals surface area contributed by atoms with Gasteiger partial charge in [-0.3, -0.25) is 4.90 Å². The molecule has 1 aromatic carbocycles. The van der Waals surface area contributed by atoms with E-state index in [1.165, 1.54) is 5.56 Å². The predicted molar refractivity (Wildman–Crippen MR) is 113 cm³/mol. The van der Waals surface area contributed by atoms with Crippen LogP contribution in [0.2, 0.25) is 0 Å². The van der Waals surface area contributed by atoms with Crippen molar-refractivity contribution in [1.29, 1.82) is 0 Å². The van der Waals surface area contributed by atoms with E-state index in [0.717, 1.165) is 45.2 Å². The number of hydrogen-bond acceptors (Lipinski definition) is 5. The number of piperazine rings is 1. The summed E-state index contributed by atoms with van der Waals surface area (Å²) in [6.45, 7) is 10.1. The third kappa shape index (κ3) is 5.94. The van der Waals surface area contributed by atoms with Crippen LogP contribution in [0.5, 0.6) is 0 Å². The highest BCUT2D eigenvalue weighted by atomic mass is 127. The molecule has 142 valence electrons. The van der Waals surface area contributed by atoms with Crippen molar-refractivity contribution in [3.63, 3.8) is 0 Å². The highest BCUT2D eigenvalue weighted by molar-refractivity contribution is 14.0. The lowest BCUT2D eigenvalue weighted by molar-refractivity contribution is 0.172. The summed E-state index contributed by atoms with van der Waals surface area (Å²) in [5.74, 6) is 2.11. The fourth-order valence-corrected chi connectivity index (χ4v) is 2.93. The van der Waals surface area contributed by atoms with E-state index in [1.807, 2.05) is 6.92 Å². The van der Waals surface area contributed by atoms with Crippen molar-refractivity contribution < 1.29 is 4.52 Å². The molecule has 1 aliphatic heterocycles. The van der Waals surface area contributed by atoms with Crippen molar-refractivity contribution in [2.75, 3.05) is 32.7 Å². The molecular weight excluding hydrogens is 443 g/mol. The summed E-state index contributed by atoms with van der Waals surface area (Å²) in [5.41, 5.74) is 1.36. The van der Waals surface area contributed by atoms with Crippen LogP contribution in [0.25, 0.3) is 0 Å². The number of nitrogens with zero attached hydrogens (tertiary/aromatic N) is 5. The highest BCUT2D eigenvalue weighted by Crippen LogP contribution is 2.09. The molecule has 26 heavy (non-hydrogen) atoms. The summed E-state index contributed by atoms with van der Waals surface area (Å²) in [6.07, 6.45) is 0.